The zero-order valence-corrected chi connectivity index (χ0v) is 15.4. The van der Waals surface area contributed by atoms with Gasteiger partial charge in [-0.25, -0.2) is 4.79 Å². The highest BCUT2D eigenvalue weighted by Gasteiger charge is 2.13. The molecule has 0 aliphatic carbocycles. The maximum absolute atomic E-state index is 11.9. The minimum Gasteiger partial charge on any atom is -0.484 e. The molecular formula is C18H29N3O3. The van der Waals surface area contributed by atoms with Crippen LogP contribution in [0.25, 0.3) is 0 Å². The third-order valence-electron chi connectivity index (χ3n) is 3.70. The lowest BCUT2D eigenvalue weighted by Gasteiger charge is -2.20. The highest BCUT2D eigenvalue weighted by molar-refractivity contribution is 5.91. The molecule has 1 atom stereocenters. The monoisotopic (exact) mass is 335 g/mol. The van der Waals surface area contributed by atoms with Crippen molar-refractivity contribution in [2.75, 3.05) is 18.6 Å². The average molecular weight is 335 g/mol. The fourth-order valence-electron chi connectivity index (χ4n) is 1.84. The van der Waals surface area contributed by atoms with Crippen molar-refractivity contribution in [1.29, 1.82) is 0 Å². The molecule has 0 aromatic heterocycles. The summed E-state index contributed by atoms with van der Waals surface area (Å²) in [6.07, 6.45) is 0. The summed E-state index contributed by atoms with van der Waals surface area (Å²) in [7, 11) is 1.70. The van der Waals surface area contributed by atoms with Crippen molar-refractivity contribution in [3.05, 3.63) is 24.3 Å². The van der Waals surface area contributed by atoms with Gasteiger partial charge in [-0.05, 0) is 51.0 Å². The maximum Gasteiger partial charge on any atom is 0.321 e. The van der Waals surface area contributed by atoms with Crippen molar-refractivity contribution < 1.29 is 14.3 Å². The standard InChI is InChI=1S/C18H29N3O3/c1-12(2)14(5)20-17(22)11-24-16-9-7-15(8-10-16)21(6)18(23)19-13(3)4/h7-10,12-14H,11H2,1-6H3,(H,19,23)(H,20,22)/t14-/m1/s1. The number of ether oxygens (including phenoxy) is 1. The molecule has 0 heterocycles. The molecule has 0 aliphatic rings. The lowest BCUT2D eigenvalue weighted by atomic mass is 10.1. The molecule has 2 N–H and O–H groups in total. The smallest absolute Gasteiger partial charge is 0.321 e. The Morgan fingerprint density at radius 3 is 2.12 bits per heavy atom. The Balaban J connectivity index is 2.53. The first-order valence-corrected chi connectivity index (χ1v) is 8.27. The van der Waals surface area contributed by atoms with E-state index in [9.17, 15) is 9.59 Å². The zero-order chi connectivity index (χ0) is 18.3. The van der Waals surface area contributed by atoms with E-state index in [-0.39, 0.29) is 30.6 Å². The van der Waals surface area contributed by atoms with Crippen molar-refractivity contribution in [3.8, 4) is 5.75 Å². The number of hydrogen-bond donors (Lipinski definition) is 2. The number of carbonyl (C=O) groups excluding carboxylic acids is 2. The number of carbonyl (C=O) groups is 2. The van der Waals surface area contributed by atoms with Gasteiger partial charge >= 0.3 is 6.03 Å². The van der Waals surface area contributed by atoms with E-state index in [1.807, 2.05) is 20.8 Å². The number of urea groups is 1. The van der Waals surface area contributed by atoms with Crippen LogP contribution in [-0.4, -0.2) is 37.7 Å². The normalized spacial score (nSPS) is 12.0. The second kappa shape index (κ2) is 9.15. The predicted octanol–water partition coefficient (Wildman–Crippen LogP) is 2.78. The van der Waals surface area contributed by atoms with Gasteiger partial charge in [0.25, 0.3) is 5.91 Å². The topological polar surface area (TPSA) is 70.7 Å². The number of anilines is 1. The molecule has 0 fully saturated rings. The van der Waals surface area contributed by atoms with Gasteiger partial charge in [0.2, 0.25) is 0 Å². The maximum atomic E-state index is 11.9. The van der Waals surface area contributed by atoms with Gasteiger partial charge in [0.05, 0.1) is 0 Å². The highest BCUT2D eigenvalue weighted by atomic mass is 16.5. The molecule has 6 heteroatoms. The Morgan fingerprint density at radius 2 is 1.62 bits per heavy atom. The van der Waals surface area contributed by atoms with Gasteiger partial charge in [-0.15, -0.1) is 0 Å². The largest absolute Gasteiger partial charge is 0.484 e. The summed E-state index contributed by atoms with van der Waals surface area (Å²) in [5.41, 5.74) is 0.749. The zero-order valence-electron chi connectivity index (χ0n) is 15.4. The minimum absolute atomic E-state index is 0.0277. The summed E-state index contributed by atoms with van der Waals surface area (Å²) >= 11 is 0. The van der Waals surface area contributed by atoms with Crippen LogP contribution in [-0.2, 0) is 4.79 Å². The summed E-state index contributed by atoms with van der Waals surface area (Å²) in [6, 6.07) is 7.07. The Hall–Kier alpha value is -2.24. The Morgan fingerprint density at radius 1 is 1.04 bits per heavy atom. The van der Waals surface area contributed by atoms with E-state index in [2.05, 4.69) is 24.5 Å². The molecule has 0 radical (unpaired) electrons. The molecule has 6 nitrogen and oxygen atoms in total. The number of hydrogen-bond acceptors (Lipinski definition) is 3. The first kappa shape index (κ1) is 19.8. The molecule has 0 spiro atoms. The SMILES string of the molecule is CC(C)NC(=O)N(C)c1ccc(OCC(=O)N[C@H](C)C(C)C)cc1. The van der Waals surface area contributed by atoms with E-state index >= 15 is 0 Å². The molecule has 24 heavy (non-hydrogen) atoms. The highest BCUT2D eigenvalue weighted by Crippen LogP contribution is 2.18. The molecule has 0 bridgehead atoms. The van der Waals surface area contributed by atoms with E-state index in [4.69, 9.17) is 4.74 Å². The Kier molecular flexibility index (Phi) is 7.55. The summed E-state index contributed by atoms with van der Waals surface area (Å²) < 4.78 is 5.48. The third kappa shape index (κ3) is 6.48. The van der Waals surface area contributed by atoms with Crippen molar-refractivity contribution in [3.63, 3.8) is 0 Å². The van der Waals surface area contributed by atoms with Gasteiger partial charge in [0.1, 0.15) is 5.75 Å². The predicted molar refractivity (Wildman–Crippen MR) is 96.5 cm³/mol. The second-order valence-electron chi connectivity index (χ2n) is 6.55. The van der Waals surface area contributed by atoms with Crippen LogP contribution in [0.2, 0.25) is 0 Å². The first-order chi connectivity index (χ1) is 11.2. The average Bonchev–Trinajstić information content (AvgIpc) is 2.51. The second-order valence-corrected chi connectivity index (χ2v) is 6.55. The molecule has 0 aliphatic heterocycles. The van der Waals surface area contributed by atoms with Crippen LogP contribution in [0, 0.1) is 5.92 Å². The van der Waals surface area contributed by atoms with Crippen LogP contribution in [0.5, 0.6) is 5.75 Å². The van der Waals surface area contributed by atoms with E-state index in [1.165, 1.54) is 4.90 Å². The molecule has 0 saturated heterocycles. The molecule has 1 rings (SSSR count). The number of amides is 3. The summed E-state index contributed by atoms with van der Waals surface area (Å²) in [4.78, 5) is 25.3. The van der Waals surface area contributed by atoms with Crippen LogP contribution < -0.4 is 20.3 Å². The Bertz CT molecular complexity index is 541. The quantitative estimate of drug-likeness (QED) is 0.805. The van der Waals surface area contributed by atoms with Crippen molar-refractivity contribution in [2.24, 2.45) is 5.92 Å². The fraction of sp³-hybridized carbons (Fsp3) is 0.556. The summed E-state index contributed by atoms with van der Waals surface area (Å²) in [6.45, 7) is 9.87. The van der Waals surface area contributed by atoms with Gasteiger partial charge in [0, 0.05) is 24.8 Å². The van der Waals surface area contributed by atoms with Crippen molar-refractivity contribution >= 4 is 17.6 Å². The van der Waals surface area contributed by atoms with Gasteiger partial charge in [0.15, 0.2) is 6.61 Å². The van der Waals surface area contributed by atoms with E-state index in [0.717, 1.165) is 5.69 Å². The first-order valence-electron chi connectivity index (χ1n) is 8.27. The molecule has 1 aromatic rings. The molecule has 1 aromatic carbocycles. The molecule has 0 unspecified atom stereocenters. The van der Waals surface area contributed by atoms with Crippen LogP contribution in [0.15, 0.2) is 24.3 Å². The summed E-state index contributed by atoms with van der Waals surface area (Å²) in [5.74, 6) is 0.818. The van der Waals surface area contributed by atoms with Crippen LogP contribution >= 0.6 is 0 Å². The molecular weight excluding hydrogens is 306 g/mol. The van der Waals surface area contributed by atoms with Gasteiger partial charge in [-0.2, -0.15) is 0 Å². The number of benzene rings is 1. The number of nitrogens with zero attached hydrogens (tertiary/aromatic N) is 1. The molecule has 0 saturated carbocycles. The molecule has 134 valence electrons. The third-order valence-corrected chi connectivity index (χ3v) is 3.70. The van der Waals surface area contributed by atoms with Crippen LogP contribution in [0.3, 0.4) is 0 Å². The van der Waals surface area contributed by atoms with Crippen molar-refractivity contribution in [1.82, 2.24) is 10.6 Å². The summed E-state index contributed by atoms with van der Waals surface area (Å²) in [5, 5.41) is 5.71. The van der Waals surface area contributed by atoms with Crippen LogP contribution in [0.4, 0.5) is 10.5 Å². The number of rotatable bonds is 7. The fourth-order valence-corrected chi connectivity index (χ4v) is 1.84. The van der Waals surface area contributed by atoms with Gasteiger partial charge < -0.3 is 15.4 Å². The minimum atomic E-state index is -0.166. The van der Waals surface area contributed by atoms with Gasteiger partial charge in [-0.1, -0.05) is 13.8 Å². The van der Waals surface area contributed by atoms with Crippen LogP contribution in [0.1, 0.15) is 34.6 Å². The van der Waals surface area contributed by atoms with Crippen molar-refractivity contribution in [2.45, 2.75) is 46.7 Å². The lowest BCUT2D eigenvalue weighted by Crippen LogP contribution is -2.40. The number of nitrogens with one attached hydrogen (secondary N) is 2. The molecule has 3 amide bonds. The van der Waals surface area contributed by atoms with E-state index < -0.39 is 0 Å². The Labute approximate surface area is 144 Å². The lowest BCUT2D eigenvalue weighted by molar-refractivity contribution is -0.124. The van der Waals surface area contributed by atoms with Gasteiger partial charge in [-0.3, -0.25) is 9.69 Å². The van der Waals surface area contributed by atoms with E-state index in [0.29, 0.717) is 11.7 Å². The van der Waals surface area contributed by atoms with E-state index in [1.54, 1.807) is 31.3 Å².